The lowest BCUT2D eigenvalue weighted by atomic mass is 10.0. The molecular formula is C30H61NO7P+. The molecular weight excluding hydrogens is 517 g/mol. The molecule has 1 N–H and O–H groups in total. The smallest absolute Gasteiger partial charge is 0.330 e. The predicted molar refractivity (Wildman–Crippen MR) is 159 cm³/mol. The number of hydrogen-bond donors (Lipinski definition) is 1. The fourth-order valence-electron chi connectivity index (χ4n) is 4.00. The summed E-state index contributed by atoms with van der Waals surface area (Å²) < 4.78 is 22.3. The lowest BCUT2D eigenvalue weighted by Gasteiger charge is -2.24. The van der Waals surface area contributed by atoms with Crippen molar-refractivity contribution in [1.29, 1.82) is 0 Å². The second-order valence-electron chi connectivity index (χ2n) is 11.6. The summed E-state index contributed by atoms with van der Waals surface area (Å²) in [6.45, 7) is 5.22. The summed E-state index contributed by atoms with van der Waals surface area (Å²) in [6.07, 6.45) is 18.9. The standard InChI is InChI=1S/C30H61NO7P/c1-6-8-10-11-12-13-14-15-16-17-18-19-21-22-29(32)35-26-28(38-30(33)23-20-9-7-2)27-37-39(34)36-25-24-31(3,4)5/h28,34H,6-27H2,1-5H3/q+1. The zero-order chi connectivity index (χ0) is 29.2. The van der Waals surface area contributed by atoms with E-state index in [0.29, 0.717) is 23.9 Å². The Labute approximate surface area is 241 Å². The molecule has 232 valence electrons. The van der Waals surface area contributed by atoms with Gasteiger partial charge in [-0.2, -0.15) is 0 Å². The fourth-order valence-corrected chi connectivity index (χ4v) is 4.61. The second kappa shape index (κ2) is 26.1. The van der Waals surface area contributed by atoms with Crippen molar-refractivity contribution in [2.75, 3.05) is 47.5 Å². The maximum Gasteiger partial charge on any atom is 0.330 e. The molecule has 0 spiro atoms. The monoisotopic (exact) mass is 578 g/mol. The van der Waals surface area contributed by atoms with E-state index in [1.54, 1.807) is 0 Å². The first kappa shape index (κ1) is 38.2. The molecule has 0 aliphatic carbocycles. The van der Waals surface area contributed by atoms with E-state index in [4.69, 9.17) is 18.5 Å². The van der Waals surface area contributed by atoms with Crippen LogP contribution in [-0.2, 0) is 28.1 Å². The highest BCUT2D eigenvalue weighted by atomic mass is 31.2. The highest BCUT2D eigenvalue weighted by molar-refractivity contribution is 7.40. The van der Waals surface area contributed by atoms with Crippen LogP contribution in [0.1, 0.15) is 129 Å². The molecule has 0 radical (unpaired) electrons. The minimum absolute atomic E-state index is 0.0845. The van der Waals surface area contributed by atoms with Crippen molar-refractivity contribution in [3.63, 3.8) is 0 Å². The zero-order valence-electron chi connectivity index (χ0n) is 25.9. The molecule has 0 aromatic rings. The highest BCUT2D eigenvalue weighted by Crippen LogP contribution is 2.33. The molecule has 0 aromatic heterocycles. The van der Waals surface area contributed by atoms with Gasteiger partial charge in [-0.25, -0.2) is 0 Å². The molecule has 0 aliphatic heterocycles. The van der Waals surface area contributed by atoms with E-state index in [0.717, 1.165) is 45.1 Å². The molecule has 0 saturated heterocycles. The Morgan fingerprint density at radius 3 is 1.67 bits per heavy atom. The van der Waals surface area contributed by atoms with Gasteiger partial charge in [-0.15, -0.1) is 0 Å². The Morgan fingerprint density at radius 1 is 0.667 bits per heavy atom. The molecule has 39 heavy (non-hydrogen) atoms. The third-order valence-electron chi connectivity index (χ3n) is 6.53. The molecule has 0 amide bonds. The average Bonchev–Trinajstić information content (AvgIpc) is 2.87. The third kappa shape index (κ3) is 28.5. The normalized spacial score (nSPS) is 13.3. The number of ether oxygens (including phenoxy) is 2. The van der Waals surface area contributed by atoms with E-state index < -0.39 is 14.7 Å². The quantitative estimate of drug-likeness (QED) is 0.0446. The Bertz CT molecular complexity index is 586. The van der Waals surface area contributed by atoms with Gasteiger partial charge in [0.1, 0.15) is 19.8 Å². The van der Waals surface area contributed by atoms with Crippen LogP contribution in [0.3, 0.4) is 0 Å². The molecule has 0 aromatic carbocycles. The van der Waals surface area contributed by atoms with E-state index in [9.17, 15) is 14.5 Å². The average molecular weight is 579 g/mol. The van der Waals surface area contributed by atoms with Gasteiger partial charge in [0.05, 0.1) is 27.7 Å². The first-order chi connectivity index (χ1) is 18.7. The number of esters is 2. The number of unbranched alkanes of at least 4 members (excludes halogenated alkanes) is 14. The first-order valence-electron chi connectivity index (χ1n) is 15.6. The molecule has 9 heteroatoms. The summed E-state index contributed by atoms with van der Waals surface area (Å²) in [4.78, 5) is 34.5. The number of likely N-dealkylation sites (N-methyl/N-ethyl adjacent to an activating group) is 1. The van der Waals surface area contributed by atoms with Gasteiger partial charge < -0.3 is 27.9 Å². The number of hydrogen-bond acceptors (Lipinski definition) is 7. The topological polar surface area (TPSA) is 91.3 Å². The van der Waals surface area contributed by atoms with Crippen LogP contribution in [0.25, 0.3) is 0 Å². The number of nitrogens with zero attached hydrogens (tertiary/aromatic N) is 1. The van der Waals surface area contributed by atoms with Gasteiger partial charge in [0, 0.05) is 12.8 Å². The van der Waals surface area contributed by atoms with Crippen LogP contribution in [0.4, 0.5) is 0 Å². The van der Waals surface area contributed by atoms with Gasteiger partial charge in [0.15, 0.2) is 6.10 Å². The Morgan fingerprint density at radius 2 is 1.13 bits per heavy atom. The van der Waals surface area contributed by atoms with Crippen molar-refractivity contribution < 1.29 is 37.5 Å². The van der Waals surface area contributed by atoms with Crippen LogP contribution in [0.15, 0.2) is 0 Å². The van der Waals surface area contributed by atoms with Crippen LogP contribution >= 0.6 is 8.60 Å². The van der Waals surface area contributed by atoms with E-state index in [1.165, 1.54) is 64.2 Å². The van der Waals surface area contributed by atoms with E-state index >= 15 is 0 Å². The van der Waals surface area contributed by atoms with Crippen molar-refractivity contribution in [3.05, 3.63) is 0 Å². The highest BCUT2D eigenvalue weighted by Gasteiger charge is 2.20. The SMILES string of the molecule is CCCCCCCCCCCCCCCC(=O)OCC(COP(O)OCC[N+](C)(C)C)OC(=O)CCCCC. The van der Waals surface area contributed by atoms with E-state index in [1.807, 2.05) is 21.1 Å². The first-order valence-corrected chi connectivity index (χ1v) is 16.7. The molecule has 0 rings (SSSR count). The van der Waals surface area contributed by atoms with Crippen LogP contribution in [0, 0.1) is 0 Å². The van der Waals surface area contributed by atoms with Gasteiger partial charge in [-0.05, 0) is 12.8 Å². The maximum atomic E-state index is 12.2. The fraction of sp³-hybridized carbons (Fsp3) is 0.933. The summed E-state index contributed by atoms with van der Waals surface area (Å²) >= 11 is 0. The van der Waals surface area contributed by atoms with Crippen LogP contribution in [-0.4, -0.2) is 74.9 Å². The Balaban J connectivity index is 4.12. The minimum atomic E-state index is -2.10. The van der Waals surface area contributed by atoms with Crippen molar-refractivity contribution in [3.8, 4) is 0 Å². The third-order valence-corrected chi connectivity index (χ3v) is 7.31. The van der Waals surface area contributed by atoms with Crippen molar-refractivity contribution in [1.82, 2.24) is 0 Å². The zero-order valence-corrected chi connectivity index (χ0v) is 26.8. The number of rotatable bonds is 28. The molecule has 2 unspecified atom stereocenters. The molecule has 0 bridgehead atoms. The molecule has 8 nitrogen and oxygen atoms in total. The summed E-state index contributed by atoms with van der Waals surface area (Å²) in [5.74, 6) is -0.645. The molecule has 0 saturated carbocycles. The predicted octanol–water partition coefficient (Wildman–Crippen LogP) is 7.46. The van der Waals surface area contributed by atoms with Crippen molar-refractivity contribution in [2.45, 2.75) is 136 Å². The summed E-state index contributed by atoms with van der Waals surface area (Å²) in [6, 6.07) is 0. The van der Waals surface area contributed by atoms with Crippen LogP contribution < -0.4 is 0 Å². The van der Waals surface area contributed by atoms with Crippen LogP contribution in [0.5, 0.6) is 0 Å². The van der Waals surface area contributed by atoms with Gasteiger partial charge in [-0.1, -0.05) is 104 Å². The Hall–Kier alpha value is -0.790. The number of carbonyl (C=O) groups excluding carboxylic acids is 2. The van der Waals surface area contributed by atoms with Gasteiger partial charge >= 0.3 is 20.5 Å². The number of quaternary nitrogens is 1. The van der Waals surface area contributed by atoms with Crippen LogP contribution in [0.2, 0.25) is 0 Å². The molecule has 0 heterocycles. The van der Waals surface area contributed by atoms with Crippen molar-refractivity contribution in [2.24, 2.45) is 0 Å². The summed E-state index contributed by atoms with van der Waals surface area (Å²) in [5, 5.41) is 0. The minimum Gasteiger partial charge on any atom is -0.462 e. The lowest BCUT2D eigenvalue weighted by molar-refractivity contribution is -0.870. The van der Waals surface area contributed by atoms with Gasteiger partial charge in [0.25, 0.3) is 0 Å². The van der Waals surface area contributed by atoms with E-state index in [2.05, 4.69) is 13.8 Å². The maximum absolute atomic E-state index is 12.2. The van der Waals surface area contributed by atoms with Crippen molar-refractivity contribution >= 4 is 20.5 Å². The van der Waals surface area contributed by atoms with Gasteiger partial charge in [0.2, 0.25) is 0 Å². The summed E-state index contributed by atoms with van der Waals surface area (Å²) in [7, 11) is 4.00. The largest absolute Gasteiger partial charge is 0.462 e. The van der Waals surface area contributed by atoms with E-state index in [-0.39, 0.29) is 25.2 Å². The number of carbonyl (C=O) groups is 2. The lowest BCUT2D eigenvalue weighted by Crippen LogP contribution is -2.37. The van der Waals surface area contributed by atoms with Gasteiger partial charge in [-0.3, -0.25) is 9.59 Å². The molecule has 0 fully saturated rings. The summed E-state index contributed by atoms with van der Waals surface area (Å²) in [5.41, 5.74) is 0. The second-order valence-corrected chi connectivity index (χ2v) is 12.6. The molecule has 0 aliphatic rings. The molecule has 2 atom stereocenters. The Kier molecular flexibility index (Phi) is 25.6.